The molecule has 1 unspecified atom stereocenters. The second kappa shape index (κ2) is 7.30. The lowest BCUT2D eigenvalue weighted by Crippen LogP contribution is -2.32. The van der Waals surface area contributed by atoms with Gasteiger partial charge in [0.15, 0.2) is 5.82 Å². The SMILES string of the molecule is CCC(C)N(C)CCNc1snc(N)c1C(=O)NC. The number of hydrogen-bond donors (Lipinski definition) is 3. The lowest BCUT2D eigenvalue weighted by atomic mass is 10.2. The van der Waals surface area contributed by atoms with E-state index in [4.69, 9.17) is 5.73 Å². The Hall–Kier alpha value is -1.34. The standard InChI is InChI=1S/C12H23N5OS/c1-5-8(2)17(4)7-6-15-12-9(11(18)14-3)10(13)16-19-12/h8,15H,5-7H2,1-4H3,(H2,13,16)(H,14,18). The van der Waals surface area contributed by atoms with Crippen molar-refractivity contribution in [3.63, 3.8) is 0 Å². The maximum atomic E-state index is 11.7. The molecular weight excluding hydrogens is 262 g/mol. The van der Waals surface area contributed by atoms with Crippen molar-refractivity contribution >= 4 is 28.3 Å². The molecule has 0 aliphatic rings. The molecule has 0 aromatic carbocycles. The molecule has 0 aliphatic carbocycles. The summed E-state index contributed by atoms with van der Waals surface area (Å²) in [6.07, 6.45) is 1.12. The van der Waals surface area contributed by atoms with Gasteiger partial charge in [0.25, 0.3) is 5.91 Å². The van der Waals surface area contributed by atoms with Crippen molar-refractivity contribution in [2.24, 2.45) is 0 Å². The zero-order valence-electron chi connectivity index (χ0n) is 12.0. The highest BCUT2D eigenvalue weighted by Crippen LogP contribution is 2.26. The van der Waals surface area contributed by atoms with E-state index in [0.717, 1.165) is 24.5 Å². The number of nitrogens with one attached hydrogen (secondary N) is 2. The minimum atomic E-state index is -0.205. The lowest BCUT2D eigenvalue weighted by Gasteiger charge is -2.23. The number of carbonyl (C=O) groups excluding carboxylic acids is 1. The first-order valence-corrected chi connectivity index (χ1v) is 7.19. The molecule has 1 rings (SSSR count). The minimum Gasteiger partial charge on any atom is -0.382 e. The van der Waals surface area contributed by atoms with Gasteiger partial charge in [-0.25, -0.2) is 0 Å². The molecule has 0 fully saturated rings. The van der Waals surface area contributed by atoms with Crippen LogP contribution in [0.2, 0.25) is 0 Å². The molecule has 1 aromatic heterocycles. The molecule has 0 saturated carbocycles. The Kier molecular flexibility index (Phi) is 6.04. The number of nitrogens with two attached hydrogens (primary N) is 1. The van der Waals surface area contributed by atoms with E-state index in [9.17, 15) is 4.79 Å². The molecule has 0 saturated heterocycles. The van der Waals surface area contributed by atoms with Crippen molar-refractivity contribution in [3.05, 3.63) is 5.56 Å². The normalized spacial score (nSPS) is 12.5. The number of carbonyl (C=O) groups is 1. The molecule has 1 heterocycles. The van der Waals surface area contributed by atoms with E-state index < -0.39 is 0 Å². The van der Waals surface area contributed by atoms with Crippen LogP contribution in [-0.4, -0.2) is 48.4 Å². The second-order valence-electron chi connectivity index (χ2n) is 4.52. The summed E-state index contributed by atoms with van der Waals surface area (Å²) in [5.74, 6) is 0.0751. The van der Waals surface area contributed by atoms with Gasteiger partial charge >= 0.3 is 0 Å². The molecule has 1 aromatic rings. The molecule has 0 spiro atoms. The molecule has 7 heteroatoms. The number of likely N-dealkylation sites (N-methyl/N-ethyl adjacent to an activating group) is 1. The average molecular weight is 285 g/mol. The van der Waals surface area contributed by atoms with E-state index >= 15 is 0 Å². The third-order valence-corrected chi connectivity index (χ3v) is 4.08. The molecule has 1 amide bonds. The Labute approximate surface area is 118 Å². The molecule has 19 heavy (non-hydrogen) atoms. The topological polar surface area (TPSA) is 83.3 Å². The van der Waals surface area contributed by atoms with Crippen LogP contribution in [0.25, 0.3) is 0 Å². The van der Waals surface area contributed by atoms with Gasteiger partial charge in [0.2, 0.25) is 0 Å². The van der Waals surface area contributed by atoms with Crippen molar-refractivity contribution in [1.82, 2.24) is 14.6 Å². The first-order valence-electron chi connectivity index (χ1n) is 6.42. The van der Waals surface area contributed by atoms with E-state index in [1.807, 2.05) is 0 Å². The first kappa shape index (κ1) is 15.7. The van der Waals surface area contributed by atoms with Gasteiger partial charge in [-0.3, -0.25) is 4.79 Å². The summed E-state index contributed by atoms with van der Waals surface area (Å²) in [6.45, 7) is 6.02. The summed E-state index contributed by atoms with van der Waals surface area (Å²) in [5, 5.41) is 6.54. The Morgan fingerprint density at radius 3 is 2.84 bits per heavy atom. The number of nitrogen functional groups attached to an aromatic ring is 1. The predicted molar refractivity (Wildman–Crippen MR) is 80.8 cm³/mol. The third kappa shape index (κ3) is 4.07. The van der Waals surface area contributed by atoms with Gasteiger partial charge in [0, 0.05) is 26.2 Å². The van der Waals surface area contributed by atoms with E-state index in [-0.39, 0.29) is 11.7 Å². The summed E-state index contributed by atoms with van der Waals surface area (Å²) in [5.41, 5.74) is 6.15. The average Bonchev–Trinajstić information content (AvgIpc) is 2.78. The third-order valence-electron chi connectivity index (χ3n) is 3.27. The maximum absolute atomic E-state index is 11.7. The van der Waals surface area contributed by atoms with Gasteiger partial charge in [-0.15, -0.1) is 0 Å². The largest absolute Gasteiger partial charge is 0.382 e. The van der Waals surface area contributed by atoms with Gasteiger partial charge in [-0.05, 0) is 31.9 Å². The van der Waals surface area contributed by atoms with Gasteiger partial charge in [-0.1, -0.05) is 6.92 Å². The molecule has 0 radical (unpaired) electrons. The summed E-state index contributed by atoms with van der Waals surface area (Å²) < 4.78 is 4.02. The Morgan fingerprint density at radius 2 is 2.26 bits per heavy atom. The fourth-order valence-corrected chi connectivity index (χ4v) is 2.38. The lowest BCUT2D eigenvalue weighted by molar-refractivity contribution is 0.0965. The summed E-state index contributed by atoms with van der Waals surface area (Å²) in [4.78, 5) is 14.0. The highest BCUT2D eigenvalue weighted by molar-refractivity contribution is 7.11. The molecule has 0 aliphatic heterocycles. The zero-order chi connectivity index (χ0) is 14.4. The van der Waals surface area contributed by atoms with E-state index in [2.05, 4.69) is 40.8 Å². The molecular formula is C12H23N5OS. The van der Waals surface area contributed by atoms with Crippen LogP contribution >= 0.6 is 11.5 Å². The van der Waals surface area contributed by atoms with E-state index in [1.165, 1.54) is 11.5 Å². The van der Waals surface area contributed by atoms with Crippen LogP contribution in [0, 0.1) is 0 Å². The van der Waals surface area contributed by atoms with Crippen LogP contribution in [0.4, 0.5) is 10.8 Å². The van der Waals surface area contributed by atoms with Gasteiger partial charge < -0.3 is 21.3 Å². The summed E-state index contributed by atoms with van der Waals surface area (Å²) in [7, 11) is 3.68. The highest BCUT2D eigenvalue weighted by atomic mass is 32.1. The van der Waals surface area contributed by atoms with E-state index in [0.29, 0.717) is 11.6 Å². The van der Waals surface area contributed by atoms with Crippen LogP contribution in [0.3, 0.4) is 0 Å². The predicted octanol–water partition coefficient (Wildman–Crippen LogP) is 1.23. The number of anilines is 2. The number of aromatic nitrogens is 1. The Balaban J connectivity index is 2.57. The molecule has 0 bridgehead atoms. The van der Waals surface area contributed by atoms with Gasteiger partial charge in [0.1, 0.15) is 10.6 Å². The van der Waals surface area contributed by atoms with E-state index in [1.54, 1.807) is 7.05 Å². The quantitative estimate of drug-likeness (QED) is 0.702. The highest BCUT2D eigenvalue weighted by Gasteiger charge is 2.18. The van der Waals surface area contributed by atoms with Crippen LogP contribution in [0.1, 0.15) is 30.6 Å². The van der Waals surface area contributed by atoms with Crippen LogP contribution in [-0.2, 0) is 0 Å². The summed E-state index contributed by atoms with van der Waals surface area (Å²) in [6, 6.07) is 0.548. The molecule has 6 nitrogen and oxygen atoms in total. The maximum Gasteiger partial charge on any atom is 0.257 e. The van der Waals surface area contributed by atoms with Crippen molar-refractivity contribution in [1.29, 1.82) is 0 Å². The number of nitrogens with zero attached hydrogens (tertiary/aromatic N) is 2. The fraction of sp³-hybridized carbons (Fsp3) is 0.667. The monoisotopic (exact) mass is 285 g/mol. The number of hydrogen-bond acceptors (Lipinski definition) is 6. The van der Waals surface area contributed by atoms with Gasteiger partial charge in [-0.2, -0.15) is 4.37 Å². The molecule has 1 atom stereocenters. The van der Waals surface area contributed by atoms with Crippen molar-refractivity contribution in [2.75, 3.05) is 38.2 Å². The van der Waals surface area contributed by atoms with Crippen molar-refractivity contribution in [2.45, 2.75) is 26.3 Å². The Bertz CT molecular complexity index is 420. The molecule has 4 N–H and O–H groups in total. The van der Waals surface area contributed by atoms with Crippen LogP contribution in [0.5, 0.6) is 0 Å². The molecule has 108 valence electrons. The van der Waals surface area contributed by atoms with Crippen LogP contribution in [0.15, 0.2) is 0 Å². The first-order chi connectivity index (χ1) is 9.01. The summed E-state index contributed by atoms with van der Waals surface area (Å²) >= 11 is 1.22. The minimum absolute atomic E-state index is 0.205. The van der Waals surface area contributed by atoms with Crippen molar-refractivity contribution < 1.29 is 4.79 Å². The fourth-order valence-electron chi connectivity index (χ4n) is 1.65. The number of rotatable bonds is 7. The second-order valence-corrected chi connectivity index (χ2v) is 5.29. The van der Waals surface area contributed by atoms with Crippen LogP contribution < -0.4 is 16.4 Å². The van der Waals surface area contributed by atoms with Gasteiger partial charge in [0.05, 0.1) is 0 Å². The number of amides is 1. The zero-order valence-corrected chi connectivity index (χ0v) is 12.8. The van der Waals surface area contributed by atoms with Crippen molar-refractivity contribution in [3.8, 4) is 0 Å². The smallest absolute Gasteiger partial charge is 0.257 e. The Morgan fingerprint density at radius 1 is 1.58 bits per heavy atom.